The van der Waals surface area contributed by atoms with Crippen LogP contribution in [0.2, 0.25) is 0 Å². The van der Waals surface area contributed by atoms with Gasteiger partial charge in [0.15, 0.2) is 0 Å². The minimum atomic E-state index is -0.0198. The maximum absolute atomic E-state index is 11.3. The molecule has 1 fully saturated rings. The van der Waals surface area contributed by atoms with Crippen LogP contribution >= 0.6 is 12.4 Å². The molecule has 172 valence electrons. The maximum atomic E-state index is 11.3. The van der Waals surface area contributed by atoms with Crippen molar-refractivity contribution in [3.8, 4) is 5.75 Å². The standard InChI is InChI=1S/C26H33N3O2.ClH/c1-19(28-27-2)22(17-29-15-9-4-10-16-29)25(20-11-5-3-6-12-20)23-18-31-24-14-8-7-13-21(24)26(23)30;/h3,5-8,11-14,22,25,27,30H,4,9-10,15-18H2,1-2H3;1H/b28-19+;. The molecule has 2 aromatic rings. The SMILES string of the molecule is CN/N=C(\C)C(CN1CCCCC1)C(C1=C(O)c2ccccc2OC1)c1ccccc1.Cl. The molecule has 4 rings (SSSR count). The summed E-state index contributed by atoms with van der Waals surface area (Å²) >= 11 is 0. The van der Waals surface area contributed by atoms with Crippen molar-refractivity contribution in [2.45, 2.75) is 32.1 Å². The van der Waals surface area contributed by atoms with Crippen LogP contribution in [-0.2, 0) is 0 Å². The van der Waals surface area contributed by atoms with Gasteiger partial charge in [-0.15, -0.1) is 12.4 Å². The highest BCUT2D eigenvalue weighted by Gasteiger charge is 2.35. The van der Waals surface area contributed by atoms with E-state index in [2.05, 4.69) is 46.6 Å². The first-order valence-corrected chi connectivity index (χ1v) is 11.3. The summed E-state index contributed by atoms with van der Waals surface area (Å²) in [7, 11) is 1.84. The fraction of sp³-hybridized carbons (Fsp3) is 0.423. The second-order valence-electron chi connectivity index (χ2n) is 8.49. The number of hydrazone groups is 1. The molecule has 5 nitrogen and oxygen atoms in total. The van der Waals surface area contributed by atoms with Crippen molar-refractivity contribution in [2.75, 3.05) is 33.3 Å². The predicted octanol–water partition coefficient (Wildman–Crippen LogP) is 5.25. The van der Waals surface area contributed by atoms with Gasteiger partial charge in [0.1, 0.15) is 18.1 Å². The van der Waals surface area contributed by atoms with Gasteiger partial charge < -0.3 is 20.2 Å². The molecule has 0 saturated carbocycles. The normalized spacial score (nSPS) is 18.8. The molecule has 0 amide bonds. The Morgan fingerprint density at radius 2 is 1.75 bits per heavy atom. The Labute approximate surface area is 197 Å². The molecule has 0 bridgehead atoms. The first-order chi connectivity index (χ1) is 15.2. The van der Waals surface area contributed by atoms with E-state index in [4.69, 9.17) is 4.74 Å². The van der Waals surface area contributed by atoms with Gasteiger partial charge in [0, 0.05) is 36.7 Å². The van der Waals surface area contributed by atoms with E-state index < -0.39 is 0 Å². The van der Waals surface area contributed by atoms with E-state index in [1.165, 1.54) is 24.8 Å². The molecule has 2 heterocycles. The third-order valence-electron chi connectivity index (χ3n) is 6.49. The molecule has 2 N–H and O–H groups in total. The van der Waals surface area contributed by atoms with Gasteiger partial charge in [0.25, 0.3) is 0 Å². The first-order valence-electron chi connectivity index (χ1n) is 11.3. The number of fused-ring (bicyclic) bond motifs is 1. The molecule has 0 radical (unpaired) electrons. The van der Waals surface area contributed by atoms with Crippen LogP contribution in [-0.4, -0.2) is 49.0 Å². The molecule has 2 aliphatic rings. The van der Waals surface area contributed by atoms with Gasteiger partial charge in [-0.25, -0.2) is 0 Å². The molecular formula is C26H34ClN3O2. The molecule has 32 heavy (non-hydrogen) atoms. The van der Waals surface area contributed by atoms with Crippen LogP contribution in [0.3, 0.4) is 0 Å². The van der Waals surface area contributed by atoms with Gasteiger partial charge in [0.2, 0.25) is 0 Å². The van der Waals surface area contributed by atoms with E-state index in [-0.39, 0.29) is 24.2 Å². The Morgan fingerprint density at radius 1 is 1.06 bits per heavy atom. The van der Waals surface area contributed by atoms with Crippen molar-refractivity contribution in [2.24, 2.45) is 11.0 Å². The number of piperidine rings is 1. The van der Waals surface area contributed by atoms with Gasteiger partial charge in [-0.05, 0) is 50.6 Å². The van der Waals surface area contributed by atoms with Gasteiger partial charge in [0.05, 0.1) is 5.56 Å². The predicted molar refractivity (Wildman–Crippen MR) is 134 cm³/mol. The van der Waals surface area contributed by atoms with E-state index in [9.17, 15) is 5.11 Å². The van der Waals surface area contributed by atoms with Crippen molar-refractivity contribution in [3.05, 3.63) is 71.3 Å². The zero-order valence-electron chi connectivity index (χ0n) is 19.0. The molecule has 2 aliphatic heterocycles. The third-order valence-corrected chi connectivity index (χ3v) is 6.49. The summed E-state index contributed by atoms with van der Waals surface area (Å²) in [6, 6.07) is 18.2. The number of halogens is 1. The lowest BCUT2D eigenvalue weighted by Crippen LogP contribution is -2.40. The Hall–Kier alpha value is -2.50. The zero-order valence-corrected chi connectivity index (χ0v) is 19.8. The number of hydrogen-bond acceptors (Lipinski definition) is 5. The summed E-state index contributed by atoms with van der Waals surface area (Å²) in [6.07, 6.45) is 3.80. The van der Waals surface area contributed by atoms with Crippen molar-refractivity contribution >= 4 is 23.9 Å². The van der Waals surface area contributed by atoms with Crippen LogP contribution in [0.5, 0.6) is 5.75 Å². The molecule has 2 atom stereocenters. The molecule has 0 aliphatic carbocycles. The smallest absolute Gasteiger partial charge is 0.130 e. The number of rotatable bonds is 7. The van der Waals surface area contributed by atoms with E-state index in [1.807, 2.05) is 37.4 Å². The fourth-order valence-corrected chi connectivity index (χ4v) is 4.92. The number of nitrogens with one attached hydrogen (secondary N) is 1. The number of aliphatic hydroxyl groups is 1. The van der Waals surface area contributed by atoms with Gasteiger partial charge >= 0.3 is 0 Å². The summed E-state index contributed by atoms with van der Waals surface area (Å²) in [5, 5.41) is 15.9. The molecule has 2 unspecified atom stereocenters. The van der Waals surface area contributed by atoms with Gasteiger partial charge in [-0.3, -0.25) is 0 Å². The molecule has 1 saturated heterocycles. The third kappa shape index (κ3) is 5.28. The topological polar surface area (TPSA) is 57.1 Å². The monoisotopic (exact) mass is 455 g/mol. The highest BCUT2D eigenvalue weighted by atomic mass is 35.5. The van der Waals surface area contributed by atoms with Crippen LogP contribution in [0.4, 0.5) is 0 Å². The van der Waals surface area contributed by atoms with Crippen molar-refractivity contribution in [1.82, 2.24) is 10.3 Å². The maximum Gasteiger partial charge on any atom is 0.130 e. The van der Waals surface area contributed by atoms with Crippen LogP contribution in [0, 0.1) is 5.92 Å². The van der Waals surface area contributed by atoms with Crippen molar-refractivity contribution in [1.29, 1.82) is 0 Å². The number of benzene rings is 2. The number of nitrogens with zero attached hydrogens (tertiary/aromatic N) is 2. The average molecular weight is 456 g/mol. The molecule has 0 spiro atoms. The van der Waals surface area contributed by atoms with Crippen LogP contribution in [0.25, 0.3) is 5.76 Å². The average Bonchev–Trinajstić information content (AvgIpc) is 2.82. The largest absolute Gasteiger partial charge is 0.507 e. The quantitative estimate of drug-likeness (QED) is 0.442. The zero-order chi connectivity index (χ0) is 21.6. The van der Waals surface area contributed by atoms with E-state index >= 15 is 0 Å². The lowest BCUT2D eigenvalue weighted by atomic mass is 9.76. The number of hydrogen-bond donors (Lipinski definition) is 2. The lowest BCUT2D eigenvalue weighted by Gasteiger charge is -2.37. The Bertz CT molecular complexity index is 939. The van der Waals surface area contributed by atoms with E-state index in [1.54, 1.807) is 0 Å². The van der Waals surface area contributed by atoms with Crippen LogP contribution < -0.4 is 10.2 Å². The van der Waals surface area contributed by atoms with Gasteiger partial charge in [-0.1, -0.05) is 48.9 Å². The summed E-state index contributed by atoms with van der Waals surface area (Å²) in [5.74, 6) is 1.19. The van der Waals surface area contributed by atoms with E-state index in [0.29, 0.717) is 12.4 Å². The Balaban J connectivity index is 0.00000289. The summed E-state index contributed by atoms with van der Waals surface area (Å²) < 4.78 is 6.10. The van der Waals surface area contributed by atoms with Gasteiger partial charge in [-0.2, -0.15) is 5.10 Å². The minimum Gasteiger partial charge on any atom is -0.507 e. The summed E-state index contributed by atoms with van der Waals surface area (Å²) in [4.78, 5) is 2.55. The van der Waals surface area contributed by atoms with Crippen LogP contribution in [0.1, 0.15) is 43.2 Å². The van der Waals surface area contributed by atoms with Crippen molar-refractivity contribution in [3.63, 3.8) is 0 Å². The van der Waals surface area contributed by atoms with E-state index in [0.717, 1.165) is 42.2 Å². The summed E-state index contributed by atoms with van der Waals surface area (Å²) in [6.45, 7) is 5.63. The number of para-hydroxylation sites is 1. The molecule has 6 heteroatoms. The highest BCUT2D eigenvalue weighted by molar-refractivity contribution is 5.86. The minimum absolute atomic E-state index is 0. The number of likely N-dealkylation sites (tertiary alicyclic amines) is 1. The second-order valence-corrected chi connectivity index (χ2v) is 8.49. The van der Waals surface area contributed by atoms with Crippen LogP contribution in [0.15, 0.2) is 65.3 Å². The highest BCUT2D eigenvalue weighted by Crippen LogP contribution is 2.41. The molecule has 2 aromatic carbocycles. The molecular weight excluding hydrogens is 422 g/mol. The Kier molecular flexibility index (Phi) is 8.60. The van der Waals surface area contributed by atoms with Crippen molar-refractivity contribution < 1.29 is 9.84 Å². The first kappa shape index (κ1) is 24.1. The lowest BCUT2D eigenvalue weighted by molar-refractivity contribution is 0.204. The number of aliphatic hydroxyl groups excluding tert-OH is 1. The second kappa shape index (κ2) is 11.4. The Morgan fingerprint density at radius 3 is 2.47 bits per heavy atom. The molecule has 0 aromatic heterocycles. The fourth-order valence-electron chi connectivity index (χ4n) is 4.92. The number of ether oxygens (including phenoxy) is 1. The summed E-state index contributed by atoms with van der Waals surface area (Å²) in [5.41, 5.74) is 6.90.